The van der Waals surface area contributed by atoms with Crippen LogP contribution in [0, 0.1) is 0 Å². The second-order valence-corrected chi connectivity index (χ2v) is 5.46. The number of nitrogens with one attached hydrogen (secondary N) is 3. The highest BCUT2D eigenvalue weighted by Crippen LogP contribution is 2.10. The van der Waals surface area contributed by atoms with Crippen LogP contribution in [0.15, 0.2) is 18.3 Å². The third kappa shape index (κ3) is 6.99. The maximum absolute atomic E-state index is 11.6. The van der Waals surface area contributed by atoms with Gasteiger partial charge in [-0.3, -0.25) is 4.79 Å². The van der Waals surface area contributed by atoms with Gasteiger partial charge in [0.05, 0.1) is 6.54 Å². The second kappa shape index (κ2) is 9.66. The predicted octanol–water partition coefficient (Wildman–Crippen LogP) is 1.25. The number of hydrogen-bond acceptors (Lipinski definition) is 4. The maximum atomic E-state index is 11.6. The molecule has 1 aromatic heterocycles. The van der Waals surface area contributed by atoms with Crippen LogP contribution in [0.3, 0.4) is 0 Å². The average Bonchev–Trinajstić information content (AvgIpc) is 2.52. The van der Waals surface area contributed by atoms with Crippen molar-refractivity contribution in [2.24, 2.45) is 0 Å². The molecule has 1 aromatic rings. The molecule has 0 aliphatic carbocycles. The van der Waals surface area contributed by atoms with E-state index in [4.69, 9.17) is 0 Å². The average molecular weight is 321 g/mol. The van der Waals surface area contributed by atoms with Crippen LogP contribution in [-0.2, 0) is 11.3 Å². The molecular weight excluding hydrogens is 294 g/mol. The molecule has 0 aromatic carbocycles. The van der Waals surface area contributed by atoms with E-state index in [2.05, 4.69) is 39.7 Å². The lowest BCUT2D eigenvalue weighted by Gasteiger charge is -2.19. The SMILES string of the molecule is CCN(CC)c1ccc(CNC(=O)NCC(=O)NC(C)C)cn1. The standard InChI is InChI=1S/C16H27N5O2/c1-5-21(6-2)14-8-7-13(9-17-14)10-18-16(23)19-11-15(22)20-12(3)4/h7-9,12H,5-6,10-11H2,1-4H3,(H,20,22)(H2,18,19,23). The summed E-state index contributed by atoms with van der Waals surface area (Å²) in [4.78, 5) is 29.6. The molecule has 1 heterocycles. The fourth-order valence-corrected chi connectivity index (χ4v) is 2.03. The molecule has 7 nitrogen and oxygen atoms in total. The number of pyridine rings is 1. The number of anilines is 1. The largest absolute Gasteiger partial charge is 0.357 e. The van der Waals surface area contributed by atoms with E-state index < -0.39 is 0 Å². The van der Waals surface area contributed by atoms with Gasteiger partial charge in [-0.2, -0.15) is 0 Å². The number of aromatic nitrogens is 1. The van der Waals surface area contributed by atoms with Crippen molar-refractivity contribution in [1.82, 2.24) is 20.9 Å². The van der Waals surface area contributed by atoms with Gasteiger partial charge in [-0.25, -0.2) is 9.78 Å². The maximum Gasteiger partial charge on any atom is 0.315 e. The lowest BCUT2D eigenvalue weighted by molar-refractivity contribution is -0.120. The minimum atomic E-state index is -0.378. The van der Waals surface area contributed by atoms with E-state index >= 15 is 0 Å². The van der Waals surface area contributed by atoms with Crippen molar-refractivity contribution >= 4 is 17.8 Å². The van der Waals surface area contributed by atoms with E-state index in [0.717, 1.165) is 24.5 Å². The third-order valence-electron chi connectivity index (χ3n) is 3.21. The van der Waals surface area contributed by atoms with Crippen molar-refractivity contribution in [3.05, 3.63) is 23.9 Å². The molecule has 0 aliphatic rings. The molecule has 0 fully saturated rings. The first-order valence-electron chi connectivity index (χ1n) is 7.97. The van der Waals surface area contributed by atoms with Crippen LogP contribution in [-0.4, -0.2) is 42.6 Å². The molecule has 0 saturated heterocycles. The molecule has 1 rings (SSSR count). The van der Waals surface area contributed by atoms with Gasteiger partial charge in [0.15, 0.2) is 0 Å². The third-order valence-corrected chi connectivity index (χ3v) is 3.21. The van der Waals surface area contributed by atoms with E-state index in [1.807, 2.05) is 26.0 Å². The monoisotopic (exact) mass is 321 g/mol. The van der Waals surface area contributed by atoms with E-state index in [1.165, 1.54) is 0 Å². The van der Waals surface area contributed by atoms with Gasteiger partial charge in [0.2, 0.25) is 5.91 Å². The second-order valence-electron chi connectivity index (χ2n) is 5.46. The Morgan fingerprint density at radius 2 is 1.87 bits per heavy atom. The van der Waals surface area contributed by atoms with Gasteiger partial charge in [0.25, 0.3) is 0 Å². The lowest BCUT2D eigenvalue weighted by Crippen LogP contribution is -2.43. The van der Waals surface area contributed by atoms with Gasteiger partial charge in [0.1, 0.15) is 5.82 Å². The van der Waals surface area contributed by atoms with E-state index in [9.17, 15) is 9.59 Å². The van der Waals surface area contributed by atoms with E-state index in [1.54, 1.807) is 6.20 Å². The fraction of sp³-hybridized carbons (Fsp3) is 0.562. The normalized spacial score (nSPS) is 10.3. The Hall–Kier alpha value is -2.31. The Morgan fingerprint density at radius 1 is 1.17 bits per heavy atom. The number of rotatable bonds is 8. The molecule has 7 heteroatoms. The fourth-order valence-electron chi connectivity index (χ4n) is 2.03. The first-order chi connectivity index (χ1) is 11.0. The van der Waals surface area contributed by atoms with Crippen LogP contribution in [0.1, 0.15) is 33.3 Å². The van der Waals surface area contributed by atoms with Crippen molar-refractivity contribution in [2.75, 3.05) is 24.5 Å². The van der Waals surface area contributed by atoms with Crippen molar-refractivity contribution in [3.8, 4) is 0 Å². The minimum absolute atomic E-state index is 0.0385. The number of carbonyl (C=O) groups excluding carboxylic acids is 2. The van der Waals surface area contributed by atoms with Gasteiger partial charge in [-0.1, -0.05) is 6.07 Å². The molecule has 23 heavy (non-hydrogen) atoms. The molecule has 3 amide bonds. The number of nitrogens with zero attached hydrogens (tertiary/aromatic N) is 2. The zero-order chi connectivity index (χ0) is 17.2. The molecule has 128 valence electrons. The first kappa shape index (κ1) is 18.7. The van der Waals surface area contributed by atoms with Crippen LogP contribution < -0.4 is 20.9 Å². The summed E-state index contributed by atoms with van der Waals surface area (Å²) in [7, 11) is 0. The Balaban J connectivity index is 2.37. The van der Waals surface area contributed by atoms with Gasteiger partial charge in [-0.05, 0) is 39.3 Å². The molecule has 0 saturated carbocycles. The van der Waals surface area contributed by atoms with Crippen LogP contribution in [0.2, 0.25) is 0 Å². The summed E-state index contributed by atoms with van der Waals surface area (Å²) < 4.78 is 0. The molecule has 0 atom stereocenters. The Morgan fingerprint density at radius 3 is 2.39 bits per heavy atom. The number of hydrogen-bond donors (Lipinski definition) is 3. The molecule has 0 radical (unpaired) electrons. The van der Waals surface area contributed by atoms with Gasteiger partial charge in [-0.15, -0.1) is 0 Å². The van der Waals surface area contributed by atoms with Crippen molar-refractivity contribution < 1.29 is 9.59 Å². The quantitative estimate of drug-likeness (QED) is 0.672. The predicted molar refractivity (Wildman–Crippen MR) is 91.3 cm³/mol. The van der Waals surface area contributed by atoms with Crippen molar-refractivity contribution in [3.63, 3.8) is 0 Å². The van der Waals surface area contributed by atoms with Gasteiger partial charge >= 0.3 is 6.03 Å². The van der Waals surface area contributed by atoms with Crippen LogP contribution in [0.5, 0.6) is 0 Å². The molecular formula is C16H27N5O2. The molecule has 3 N–H and O–H groups in total. The van der Waals surface area contributed by atoms with Gasteiger partial charge in [0, 0.05) is 31.9 Å². The zero-order valence-corrected chi connectivity index (χ0v) is 14.3. The Labute approximate surface area is 137 Å². The summed E-state index contributed by atoms with van der Waals surface area (Å²) in [6.07, 6.45) is 1.75. The summed E-state index contributed by atoms with van der Waals surface area (Å²) in [5, 5.41) is 7.92. The highest BCUT2D eigenvalue weighted by Gasteiger charge is 2.07. The lowest BCUT2D eigenvalue weighted by atomic mass is 10.2. The van der Waals surface area contributed by atoms with Crippen LogP contribution >= 0.6 is 0 Å². The van der Waals surface area contributed by atoms with E-state index in [-0.39, 0.29) is 24.5 Å². The number of carbonyl (C=O) groups is 2. The Kier molecular flexibility index (Phi) is 7.87. The van der Waals surface area contributed by atoms with Gasteiger partial charge < -0.3 is 20.9 Å². The highest BCUT2D eigenvalue weighted by atomic mass is 16.2. The summed E-state index contributed by atoms with van der Waals surface area (Å²) in [5.74, 6) is 0.717. The van der Waals surface area contributed by atoms with Crippen molar-refractivity contribution in [2.45, 2.75) is 40.3 Å². The summed E-state index contributed by atoms with van der Waals surface area (Å²) in [5.41, 5.74) is 0.905. The molecule has 0 bridgehead atoms. The van der Waals surface area contributed by atoms with Crippen molar-refractivity contribution in [1.29, 1.82) is 0 Å². The summed E-state index contributed by atoms with van der Waals surface area (Å²) in [6, 6.07) is 3.56. The molecule has 0 spiro atoms. The first-order valence-corrected chi connectivity index (χ1v) is 7.97. The summed E-state index contributed by atoms with van der Waals surface area (Å²) in [6.45, 7) is 10.0. The highest BCUT2D eigenvalue weighted by molar-refractivity contribution is 5.83. The van der Waals surface area contributed by atoms with Crippen LogP contribution in [0.25, 0.3) is 0 Å². The smallest absolute Gasteiger partial charge is 0.315 e. The van der Waals surface area contributed by atoms with Crippen LogP contribution in [0.4, 0.5) is 10.6 Å². The number of amides is 3. The zero-order valence-electron chi connectivity index (χ0n) is 14.3. The number of urea groups is 1. The minimum Gasteiger partial charge on any atom is -0.357 e. The summed E-state index contributed by atoms with van der Waals surface area (Å²) >= 11 is 0. The molecule has 0 unspecified atom stereocenters. The van der Waals surface area contributed by atoms with E-state index in [0.29, 0.717) is 6.54 Å². The molecule has 0 aliphatic heterocycles. The topological polar surface area (TPSA) is 86.4 Å². The Bertz CT molecular complexity index is 498.